The van der Waals surface area contributed by atoms with Crippen LogP contribution in [0.4, 0.5) is 0 Å². The molecule has 0 aliphatic carbocycles. The van der Waals surface area contributed by atoms with Gasteiger partial charge in [-0.05, 0) is 55.2 Å². The van der Waals surface area contributed by atoms with E-state index in [2.05, 4.69) is 28.1 Å². The molecule has 1 heterocycles. The van der Waals surface area contributed by atoms with Gasteiger partial charge < -0.3 is 14.4 Å². The number of aryl methyl sites for hydroxylation is 1. The van der Waals surface area contributed by atoms with Crippen LogP contribution in [0.3, 0.4) is 0 Å². The Bertz CT molecular complexity index is 778. The third kappa shape index (κ3) is 4.21. The Morgan fingerprint density at radius 1 is 1.19 bits per heavy atom. The van der Waals surface area contributed by atoms with Crippen molar-refractivity contribution >= 4 is 21.8 Å². The van der Waals surface area contributed by atoms with Crippen molar-refractivity contribution in [3.8, 4) is 11.5 Å². The zero-order valence-electron chi connectivity index (χ0n) is 15.2. The van der Waals surface area contributed by atoms with Gasteiger partial charge in [0.25, 0.3) is 0 Å². The zero-order chi connectivity index (χ0) is 18.5. The molecular formula is C21H24BrNO3. The average Bonchev–Trinajstić information content (AvgIpc) is 3.15. The Morgan fingerprint density at radius 2 is 2.04 bits per heavy atom. The Morgan fingerprint density at radius 3 is 2.77 bits per heavy atom. The minimum Gasteiger partial charge on any atom is -0.497 e. The maximum absolute atomic E-state index is 12.9. The Hall–Kier alpha value is -2.01. The van der Waals surface area contributed by atoms with E-state index in [1.165, 1.54) is 5.56 Å². The van der Waals surface area contributed by atoms with E-state index in [0.717, 1.165) is 47.3 Å². The lowest BCUT2D eigenvalue weighted by Crippen LogP contribution is -2.31. The molecule has 1 amide bonds. The molecule has 2 aromatic rings. The largest absolute Gasteiger partial charge is 0.497 e. The number of methoxy groups -OCH3 is 2. The van der Waals surface area contributed by atoms with Crippen LogP contribution >= 0.6 is 15.9 Å². The van der Waals surface area contributed by atoms with Crippen molar-refractivity contribution in [3.63, 3.8) is 0 Å². The lowest BCUT2D eigenvalue weighted by Gasteiger charge is -2.27. The summed E-state index contributed by atoms with van der Waals surface area (Å²) in [5.41, 5.74) is 2.20. The molecule has 0 radical (unpaired) electrons. The molecule has 0 aromatic heterocycles. The highest BCUT2D eigenvalue weighted by atomic mass is 79.9. The van der Waals surface area contributed by atoms with Crippen LogP contribution in [0.1, 0.15) is 36.4 Å². The van der Waals surface area contributed by atoms with Gasteiger partial charge in [-0.2, -0.15) is 0 Å². The van der Waals surface area contributed by atoms with E-state index in [4.69, 9.17) is 9.47 Å². The molecule has 4 nitrogen and oxygen atoms in total. The van der Waals surface area contributed by atoms with Crippen LogP contribution in [0, 0.1) is 0 Å². The molecule has 3 rings (SSSR count). The Balaban J connectivity index is 1.74. The van der Waals surface area contributed by atoms with E-state index in [1.807, 2.05) is 35.2 Å². The van der Waals surface area contributed by atoms with Crippen molar-refractivity contribution in [2.45, 2.75) is 31.7 Å². The fourth-order valence-corrected chi connectivity index (χ4v) is 4.02. The molecule has 1 saturated heterocycles. The van der Waals surface area contributed by atoms with Gasteiger partial charge in [0.15, 0.2) is 0 Å². The van der Waals surface area contributed by atoms with Crippen molar-refractivity contribution in [2.24, 2.45) is 0 Å². The van der Waals surface area contributed by atoms with Gasteiger partial charge in [0.2, 0.25) is 5.91 Å². The SMILES string of the molecule is COc1ccc(OC)c(C2CCCN2C(=O)CCc2cccc(Br)c2)c1. The monoisotopic (exact) mass is 417 g/mol. The van der Waals surface area contributed by atoms with Crippen molar-refractivity contribution in [2.75, 3.05) is 20.8 Å². The second kappa shape index (κ2) is 8.58. The third-order valence-corrected chi connectivity index (χ3v) is 5.38. The summed E-state index contributed by atoms with van der Waals surface area (Å²) < 4.78 is 11.9. The first kappa shape index (κ1) is 18.8. The van der Waals surface area contributed by atoms with Crippen molar-refractivity contribution in [3.05, 3.63) is 58.1 Å². The van der Waals surface area contributed by atoms with E-state index >= 15 is 0 Å². The molecule has 1 fully saturated rings. The van der Waals surface area contributed by atoms with Crippen LogP contribution in [0.15, 0.2) is 46.9 Å². The number of halogens is 1. The highest BCUT2D eigenvalue weighted by Crippen LogP contribution is 2.39. The maximum Gasteiger partial charge on any atom is 0.223 e. The molecule has 1 aliphatic rings. The number of carbonyl (C=O) groups excluding carboxylic acids is 1. The summed E-state index contributed by atoms with van der Waals surface area (Å²) in [5.74, 6) is 1.79. The summed E-state index contributed by atoms with van der Waals surface area (Å²) in [4.78, 5) is 14.9. The molecule has 0 bridgehead atoms. The maximum atomic E-state index is 12.9. The lowest BCUT2D eigenvalue weighted by molar-refractivity contribution is -0.132. The summed E-state index contributed by atoms with van der Waals surface area (Å²) in [6, 6.07) is 14.0. The minimum atomic E-state index is 0.0510. The fraction of sp³-hybridized carbons (Fsp3) is 0.381. The average molecular weight is 418 g/mol. The highest BCUT2D eigenvalue weighted by molar-refractivity contribution is 9.10. The summed E-state index contributed by atoms with van der Waals surface area (Å²) >= 11 is 3.48. The Kier molecular flexibility index (Phi) is 6.20. The first-order valence-electron chi connectivity index (χ1n) is 8.88. The smallest absolute Gasteiger partial charge is 0.223 e. The highest BCUT2D eigenvalue weighted by Gasteiger charge is 2.31. The van der Waals surface area contributed by atoms with Gasteiger partial charge in [-0.15, -0.1) is 0 Å². The molecule has 0 spiro atoms. The first-order chi connectivity index (χ1) is 12.6. The predicted octanol–water partition coefficient (Wildman–Crippen LogP) is 4.76. The van der Waals surface area contributed by atoms with Crippen LogP contribution in [0.2, 0.25) is 0 Å². The van der Waals surface area contributed by atoms with Gasteiger partial charge in [0.05, 0.1) is 20.3 Å². The van der Waals surface area contributed by atoms with Crippen molar-refractivity contribution in [1.29, 1.82) is 0 Å². The molecule has 2 aromatic carbocycles. The molecule has 5 heteroatoms. The topological polar surface area (TPSA) is 38.8 Å². The van der Waals surface area contributed by atoms with Gasteiger partial charge >= 0.3 is 0 Å². The molecule has 26 heavy (non-hydrogen) atoms. The molecule has 1 atom stereocenters. The van der Waals surface area contributed by atoms with Crippen LogP contribution < -0.4 is 9.47 Å². The lowest BCUT2D eigenvalue weighted by atomic mass is 10.0. The molecule has 138 valence electrons. The van der Waals surface area contributed by atoms with Gasteiger partial charge in [0.1, 0.15) is 11.5 Å². The number of nitrogens with zero attached hydrogens (tertiary/aromatic N) is 1. The van der Waals surface area contributed by atoms with Crippen molar-refractivity contribution < 1.29 is 14.3 Å². The van der Waals surface area contributed by atoms with Gasteiger partial charge in [-0.3, -0.25) is 4.79 Å². The molecule has 0 saturated carbocycles. The fourth-order valence-electron chi connectivity index (χ4n) is 3.58. The summed E-state index contributed by atoms with van der Waals surface area (Å²) in [7, 11) is 3.32. The quantitative estimate of drug-likeness (QED) is 0.679. The number of benzene rings is 2. The first-order valence-corrected chi connectivity index (χ1v) is 9.67. The number of rotatable bonds is 6. The molecular weight excluding hydrogens is 394 g/mol. The number of likely N-dealkylation sites (tertiary alicyclic amines) is 1. The van der Waals surface area contributed by atoms with Crippen LogP contribution in [0.5, 0.6) is 11.5 Å². The summed E-state index contributed by atoms with van der Waals surface area (Å²) in [6.07, 6.45) is 3.22. The van der Waals surface area contributed by atoms with Crippen LogP contribution in [0.25, 0.3) is 0 Å². The molecule has 1 unspecified atom stereocenters. The van der Waals surface area contributed by atoms with Crippen molar-refractivity contribution in [1.82, 2.24) is 4.90 Å². The molecule has 0 N–H and O–H groups in total. The summed E-state index contributed by atoms with van der Waals surface area (Å²) in [5, 5.41) is 0. The van der Waals surface area contributed by atoms with E-state index < -0.39 is 0 Å². The standard InChI is InChI=1S/C21H24BrNO3/c1-25-17-9-10-20(26-2)18(14-17)19-7-4-12-23(19)21(24)11-8-15-5-3-6-16(22)13-15/h3,5-6,9-10,13-14,19H,4,7-8,11-12H2,1-2H3. The number of amides is 1. The number of hydrogen-bond donors (Lipinski definition) is 0. The van der Waals surface area contributed by atoms with Gasteiger partial charge in [0, 0.05) is 23.0 Å². The van der Waals surface area contributed by atoms with Crippen LogP contribution in [-0.4, -0.2) is 31.6 Å². The van der Waals surface area contributed by atoms with E-state index in [0.29, 0.717) is 6.42 Å². The summed E-state index contributed by atoms with van der Waals surface area (Å²) in [6.45, 7) is 0.794. The minimum absolute atomic E-state index is 0.0510. The van der Waals surface area contributed by atoms with Gasteiger partial charge in [-0.25, -0.2) is 0 Å². The Labute approximate surface area is 163 Å². The number of ether oxygens (including phenoxy) is 2. The van der Waals surface area contributed by atoms with Crippen LogP contribution in [-0.2, 0) is 11.2 Å². The second-order valence-corrected chi connectivity index (χ2v) is 7.40. The normalized spacial score (nSPS) is 16.6. The number of carbonyl (C=O) groups is 1. The van der Waals surface area contributed by atoms with E-state index in [-0.39, 0.29) is 11.9 Å². The third-order valence-electron chi connectivity index (χ3n) is 4.89. The molecule has 1 aliphatic heterocycles. The predicted molar refractivity (Wildman–Crippen MR) is 106 cm³/mol. The van der Waals surface area contributed by atoms with Gasteiger partial charge in [-0.1, -0.05) is 28.1 Å². The van der Waals surface area contributed by atoms with E-state index in [9.17, 15) is 4.79 Å². The number of hydrogen-bond acceptors (Lipinski definition) is 3. The zero-order valence-corrected chi connectivity index (χ0v) is 16.8. The van der Waals surface area contributed by atoms with E-state index in [1.54, 1.807) is 14.2 Å². The second-order valence-electron chi connectivity index (χ2n) is 6.48.